The van der Waals surface area contributed by atoms with E-state index in [1.807, 2.05) is 18.2 Å². The van der Waals surface area contributed by atoms with Crippen LogP contribution in [0.3, 0.4) is 0 Å². The van der Waals surface area contributed by atoms with Gasteiger partial charge in [-0.3, -0.25) is 4.84 Å². The monoisotopic (exact) mass is 303 g/mol. The molecular weight excluding hydrogens is 289 g/mol. The Morgan fingerprint density at radius 1 is 1.38 bits per heavy atom. The third kappa shape index (κ3) is 3.45. The summed E-state index contributed by atoms with van der Waals surface area (Å²) in [6, 6.07) is 5.92. The minimum Gasteiger partial charge on any atom is -0.298 e. The van der Waals surface area contributed by atoms with Gasteiger partial charge in [-0.2, -0.15) is 5.48 Å². The van der Waals surface area contributed by atoms with Crippen molar-refractivity contribution in [1.29, 1.82) is 0 Å². The van der Waals surface area contributed by atoms with Crippen LogP contribution in [0, 0.1) is 0 Å². The molecule has 2 nitrogen and oxygen atoms in total. The Balaban J connectivity index is 1.78. The zero-order valence-electron chi connectivity index (χ0n) is 9.01. The van der Waals surface area contributed by atoms with Crippen molar-refractivity contribution >= 4 is 27.5 Å². The largest absolute Gasteiger partial charge is 0.298 e. The van der Waals surface area contributed by atoms with E-state index in [0.29, 0.717) is 12.6 Å². The molecule has 4 heteroatoms. The van der Waals surface area contributed by atoms with Crippen LogP contribution in [0.2, 0.25) is 5.02 Å². The van der Waals surface area contributed by atoms with E-state index < -0.39 is 0 Å². The van der Waals surface area contributed by atoms with Crippen LogP contribution in [-0.2, 0) is 11.4 Å². The summed E-state index contributed by atoms with van der Waals surface area (Å²) in [5.41, 5.74) is 4.15. The molecule has 2 rings (SSSR count). The maximum absolute atomic E-state index is 6.00. The molecule has 0 spiro atoms. The van der Waals surface area contributed by atoms with Gasteiger partial charge in [-0.05, 0) is 46.5 Å². The first-order valence-electron chi connectivity index (χ1n) is 5.58. The van der Waals surface area contributed by atoms with Gasteiger partial charge in [0.2, 0.25) is 0 Å². The molecule has 0 amide bonds. The lowest BCUT2D eigenvalue weighted by molar-refractivity contribution is -0.0244. The van der Waals surface area contributed by atoms with Crippen LogP contribution in [0.15, 0.2) is 22.7 Å². The Kier molecular flexibility index (Phi) is 4.65. The highest BCUT2D eigenvalue weighted by molar-refractivity contribution is 9.10. The number of benzene rings is 1. The molecule has 0 aliphatic heterocycles. The van der Waals surface area contributed by atoms with Crippen molar-refractivity contribution in [2.24, 2.45) is 0 Å². The zero-order chi connectivity index (χ0) is 11.4. The molecule has 0 aromatic heterocycles. The van der Waals surface area contributed by atoms with E-state index >= 15 is 0 Å². The van der Waals surface area contributed by atoms with Crippen molar-refractivity contribution in [3.05, 3.63) is 33.3 Å². The molecule has 88 valence electrons. The molecule has 0 unspecified atom stereocenters. The Bertz CT molecular complexity index is 353. The summed E-state index contributed by atoms with van der Waals surface area (Å²) >= 11 is 9.37. The van der Waals surface area contributed by atoms with Crippen LogP contribution < -0.4 is 5.48 Å². The highest BCUT2D eigenvalue weighted by atomic mass is 79.9. The molecule has 0 atom stereocenters. The molecule has 1 fully saturated rings. The van der Waals surface area contributed by atoms with Crippen molar-refractivity contribution in [3.8, 4) is 0 Å². The first-order valence-corrected chi connectivity index (χ1v) is 6.75. The fourth-order valence-corrected chi connectivity index (χ4v) is 2.35. The Morgan fingerprint density at radius 2 is 2.12 bits per heavy atom. The molecule has 0 radical (unpaired) electrons. The molecule has 0 saturated heterocycles. The normalized spacial score (nSPS) is 16.9. The number of nitrogens with one attached hydrogen (secondary N) is 1. The fraction of sp³-hybridized carbons (Fsp3) is 0.500. The first kappa shape index (κ1) is 12.4. The summed E-state index contributed by atoms with van der Waals surface area (Å²) in [4.78, 5) is 5.57. The quantitative estimate of drug-likeness (QED) is 0.847. The predicted octanol–water partition coefficient (Wildman–Crippen LogP) is 4.07. The van der Waals surface area contributed by atoms with Gasteiger partial charge in [0.25, 0.3) is 0 Å². The maximum atomic E-state index is 6.00. The van der Waals surface area contributed by atoms with E-state index in [-0.39, 0.29) is 0 Å². The number of hydrogen-bond acceptors (Lipinski definition) is 2. The molecule has 1 aromatic carbocycles. The topological polar surface area (TPSA) is 21.3 Å². The van der Waals surface area contributed by atoms with E-state index in [2.05, 4.69) is 21.4 Å². The van der Waals surface area contributed by atoms with Gasteiger partial charge in [0.05, 0.1) is 11.1 Å². The van der Waals surface area contributed by atoms with Gasteiger partial charge < -0.3 is 0 Å². The third-order valence-electron chi connectivity index (χ3n) is 2.81. The summed E-state index contributed by atoms with van der Waals surface area (Å²) in [5, 5.41) is 0.736. The van der Waals surface area contributed by atoms with Crippen LogP contribution in [0.25, 0.3) is 0 Å². The third-order valence-corrected chi connectivity index (χ3v) is 4.04. The van der Waals surface area contributed by atoms with Crippen LogP contribution in [-0.4, -0.2) is 6.10 Å². The van der Waals surface area contributed by atoms with Crippen molar-refractivity contribution in [3.63, 3.8) is 0 Å². The highest BCUT2D eigenvalue weighted by Crippen LogP contribution is 2.23. The molecule has 1 saturated carbocycles. The van der Waals surface area contributed by atoms with Gasteiger partial charge >= 0.3 is 0 Å². The molecule has 16 heavy (non-hydrogen) atoms. The second-order valence-electron chi connectivity index (χ2n) is 4.09. The summed E-state index contributed by atoms with van der Waals surface area (Å²) in [5.74, 6) is 0. The van der Waals surface area contributed by atoms with E-state index in [4.69, 9.17) is 16.4 Å². The van der Waals surface area contributed by atoms with E-state index in [1.165, 1.54) is 25.7 Å². The number of rotatable bonds is 4. The van der Waals surface area contributed by atoms with Crippen LogP contribution in [0.1, 0.15) is 31.2 Å². The molecule has 1 N–H and O–H groups in total. The number of hydroxylamine groups is 1. The number of halogens is 2. The van der Waals surface area contributed by atoms with Gasteiger partial charge in [-0.1, -0.05) is 30.5 Å². The minimum absolute atomic E-state index is 0.394. The van der Waals surface area contributed by atoms with E-state index in [9.17, 15) is 0 Å². The SMILES string of the molecule is Clc1cc(CNOC2CCCC2)ccc1Br. The average molecular weight is 305 g/mol. The van der Waals surface area contributed by atoms with Crippen molar-refractivity contribution in [2.45, 2.75) is 38.3 Å². The summed E-state index contributed by atoms with van der Waals surface area (Å²) in [6.07, 6.45) is 5.32. The molecule has 1 aliphatic rings. The second-order valence-corrected chi connectivity index (χ2v) is 5.36. The molecule has 1 aliphatic carbocycles. The van der Waals surface area contributed by atoms with Crippen molar-refractivity contribution in [2.75, 3.05) is 0 Å². The molecule has 1 aromatic rings. The molecule has 0 heterocycles. The zero-order valence-corrected chi connectivity index (χ0v) is 11.4. The lowest BCUT2D eigenvalue weighted by Crippen LogP contribution is -2.21. The van der Waals surface area contributed by atoms with Crippen molar-refractivity contribution < 1.29 is 4.84 Å². The van der Waals surface area contributed by atoms with Gasteiger partial charge in [0, 0.05) is 11.0 Å². The standard InChI is InChI=1S/C12H15BrClNO/c13-11-6-5-9(7-12(11)14)8-15-16-10-3-1-2-4-10/h5-7,10,15H,1-4,8H2. The fourth-order valence-electron chi connectivity index (χ4n) is 1.90. The van der Waals surface area contributed by atoms with E-state index in [0.717, 1.165) is 15.1 Å². The molecular formula is C12H15BrClNO. The van der Waals surface area contributed by atoms with Gasteiger partial charge in [0.15, 0.2) is 0 Å². The summed E-state index contributed by atoms with van der Waals surface area (Å²) < 4.78 is 0.926. The van der Waals surface area contributed by atoms with Gasteiger partial charge in [0.1, 0.15) is 0 Å². The lowest BCUT2D eigenvalue weighted by atomic mass is 10.2. The summed E-state index contributed by atoms with van der Waals surface area (Å²) in [6.45, 7) is 0.698. The Labute approximate surface area is 109 Å². The Hall–Kier alpha value is -0.0900. The smallest absolute Gasteiger partial charge is 0.0790 e. The highest BCUT2D eigenvalue weighted by Gasteiger charge is 2.15. The first-order chi connectivity index (χ1) is 7.75. The lowest BCUT2D eigenvalue weighted by Gasteiger charge is -2.11. The van der Waals surface area contributed by atoms with Gasteiger partial charge in [-0.15, -0.1) is 0 Å². The van der Waals surface area contributed by atoms with Crippen LogP contribution in [0.4, 0.5) is 0 Å². The van der Waals surface area contributed by atoms with E-state index in [1.54, 1.807) is 0 Å². The van der Waals surface area contributed by atoms with Crippen molar-refractivity contribution in [1.82, 2.24) is 5.48 Å². The van der Waals surface area contributed by atoms with Gasteiger partial charge in [-0.25, -0.2) is 0 Å². The summed E-state index contributed by atoms with van der Waals surface area (Å²) in [7, 11) is 0. The van der Waals surface area contributed by atoms with Crippen LogP contribution >= 0.6 is 27.5 Å². The number of hydrogen-bond donors (Lipinski definition) is 1. The van der Waals surface area contributed by atoms with Crippen LogP contribution in [0.5, 0.6) is 0 Å². The Morgan fingerprint density at radius 3 is 2.81 bits per heavy atom. The average Bonchev–Trinajstić information content (AvgIpc) is 2.76. The maximum Gasteiger partial charge on any atom is 0.0790 e. The second kappa shape index (κ2) is 6.01. The predicted molar refractivity (Wildman–Crippen MR) is 69.3 cm³/mol. The minimum atomic E-state index is 0.394. The molecule has 0 bridgehead atoms.